The predicted octanol–water partition coefficient (Wildman–Crippen LogP) is 4.31. The lowest BCUT2D eigenvalue weighted by Gasteiger charge is -2.10. The number of halogens is 3. The zero-order valence-corrected chi connectivity index (χ0v) is 12.2. The first kappa shape index (κ1) is 14.3. The third-order valence-electron chi connectivity index (χ3n) is 2.57. The van der Waals surface area contributed by atoms with Crippen molar-refractivity contribution in [3.05, 3.63) is 62.8 Å². The molecule has 0 bridgehead atoms. The van der Waals surface area contributed by atoms with Crippen molar-refractivity contribution in [3.63, 3.8) is 0 Å². The Morgan fingerprint density at radius 2 is 2.00 bits per heavy atom. The van der Waals surface area contributed by atoms with Crippen LogP contribution < -0.4 is 4.74 Å². The van der Waals surface area contributed by atoms with Gasteiger partial charge in [-0.15, -0.1) is 0 Å². The molecule has 0 saturated carbocycles. The Morgan fingerprint density at radius 3 is 2.68 bits per heavy atom. The Labute approximate surface area is 123 Å². The summed E-state index contributed by atoms with van der Waals surface area (Å²) >= 11 is 9.31. The van der Waals surface area contributed by atoms with Crippen LogP contribution in [0.5, 0.6) is 5.75 Å². The van der Waals surface area contributed by atoms with E-state index in [9.17, 15) is 4.39 Å². The molecule has 100 valence electrons. The molecule has 0 atom stereocenters. The van der Waals surface area contributed by atoms with Crippen molar-refractivity contribution in [1.29, 1.82) is 0 Å². The number of benzene rings is 2. The summed E-state index contributed by atoms with van der Waals surface area (Å²) in [6.07, 6.45) is 0. The molecular weight excluding hydrogens is 335 g/mol. The minimum atomic E-state index is -0.349. The first-order chi connectivity index (χ1) is 9.10. The molecule has 2 aromatic carbocycles. The summed E-state index contributed by atoms with van der Waals surface area (Å²) < 4.78 is 19.4. The summed E-state index contributed by atoms with van der Waals surface area (Å²) in [5, 5.41) is 9.47. The van der Waals surface area contributed by atoms with Crippen LogP contribution in [0.15, 0.2) is 40.9 Å². The summed E-state index contributed by atoms with van der Waals surface area (Å²) in [5.74, 6) is 0.259. The first-order valence-electron chi connectivity index (χ1n) is 5.56. The van der Waals surface area contributed by atoms with E-state index in [1.54, 1.807) is 18.2 Å². The highest BCUT2D eigenvalue weighted by Crippen LogP contribution is 2.28. The van der Waals surface area contributed by atoms with Crippen molar-refractivity contribution >= 4 is 27.5 Å². The second kappa shape index (κ2) is 6.37. The van der Waals surface area contributed by atoms with Gasteiger partial charge in [-0.1, -0.05) is 17.7 Å². The van der Waals surface area contributed by atoms with E-state index in [1.807, 2.05) is 0 Å². The second-order valence-corrected chi connectivity index (χ2v) is 5.21. The summed E-state index contributed by atoms with van der Waals surface area (Å²) in [7, 11) is 0. The maximum atomic E-state index is 13.1. The van der Waals surface area contributed by atoms with E-state index in [2.05, 4.69) is 15.9 Å². The molecule has 0 spiro atoms. The van der Waals surface area contributed by atoms with Gasteiger partial charge in [-0.05, 0) is 51.8 Å². The molecule has 0 heterocycles. The number of aliphatic hydroxyl groups excluding tert-OH is 1. The van der Waals surface area contributed by atoms with Crippen LogP contribution in [-0.2, 0) is 13.2 Å². The van der Waals surface area contributed by atoms with Gasteiger partial charge in [-0.25, -0.2) is 4.39 Å². The number of ether oxygens (including phenoxy) is 1. The zero-order chi connectivity index (χ0) is 13.8. The van der Waals surface area contributed by atoms with Gasteiger partial charge in [0.15, 0.2) is 0 Å². The molecule has 5 heteroatoms. The summed E-state index contributed by atoms with van der Waals surface area (Å²) in [4.78, 5) is 0. The third kappa shape index (κ3) is 3.69. The molecule has 0 fully saturated rings. The molecule has 2 nitrogen and oxygen atoms in total. The molecule has 0 aliphatic rings. The molecule has 2 aromatic rings. The SMILES string of the molecule is OCc1ccc(OCc2cc(F)ccc2Cl)c(Br)c1. The van der Waals surface area contributed by atoms with Gasteiger partial charge < -0.3 is 9.84 Å². The summed E-state index contributed by atoms with van der Waals surface area (Å²) in [5.41, 5.74) is 1.36. The van der Waals surface area contributed by atoms with Gasteiger partial charge in [0.25, 0.3) is 0 Å². The molecule has 0 aliphatic heterocycles. The van der Waals surface area contributed by atoms with E-state index in [-0.39, 0.29) is 19.0 Å². The van der Waals surface area contributed by atoms with Crippen LogP contribution in [0.1, 0.15) is 11.1 Å². The van der Waals surface area contributed by atoms with Gasteiger partial charge in [0.05, 0.1) is 11.1 Å². The number of hydrogen-bond donors (Lipinski definition) is 1. The van der Waals surface area contributed by atoms with Crippen LogP contribution >= 0.6 is 27.5 Å². The quantitative estimate of drug-likeness (QED) is 0.894. The predicted molar refractivity (Wildman–Crippen MR) is 75.8 cm³/mol. The molecule has 0 saturated heterocycles. The van der Waals surface area contributed by atoms with Gasteiger partial charge in [0, 0.05) is 10.6 Å². The second-order valence-electron chi connectivity index (χ2n) is 3.95. The van der Waals surface area contributed by atoms with Crippen LogP contribution in [0.2, 0.25) is 5.02 Å². The fourth-order valence-corrected chi connectivity index (χ4v) is 2.28. The monoisotopic (exact) mass is 344 g/mol. The van der Waals surface area contributed by atoms with E-state index in [0.717, 1.165) is 10.0 Å². The maximum Gasteiger partial charge on any atom is 0.134 e. The molecule has 2 rings (SSSR count). The number of hydrogen-bond acceptors (Lipinski definition) is 2. The van der Waals surface area contributed by atoms with Gasteiger partial charge in [-0.2, -0.15) is 0 Å². The lowest BCUT2D eigenvalue weighted by Crippen LogP contribution is -1.98. The topological polar surface area (TPSA) is 29.5 Å². The Hall–Kier alpha value is -1.10. The molecular formula is C14H11BrClFO2. The number of aliphatic hydroxyl groups is 1. The molecule has 0 aliphatic carbocycles. The van der Waals surface area contributed by atoms with Gasteiger partial charge in [-0.3, -0.25) is 0 Å². The van der Waals surface area contributed by atoms with Crippen LogP contribution in [0.3, 0.4) is 0 Å². The normalized spacial score (nSPS) is 10.5. The highest BCUT2D eigenvalue weighted by molar-refractivity contribution is 9.10. The Bertz CT molecular complexity index is 590. The lowest BCUT2D eigenvalue weighted by molar-refractivity contribution is 0.280. The molecule has 0 aromatic heterocycles. The fraction of sp³-hybridized carbons (Fsp3) is 0.143. The standard InChI is InChI=1S/C14H11BrClFO2/c15-12-5-9(7-18)1-4-14(12)19-8-10-6-11(17)2-3-13(10)16/h1-6,18H,7-8H2. The van der Waals surface area contributed by atoms with E-state index < -0.39 is 0 Å². The zero-order valence-electron chi connectivity index (χ0n) is 9.87. The highest BCUT2D eigenvalue weighted by atomic mass is 79.9. The minimum absolute atomic E-state index is 0.0331. The highest BCUT2D eigenvalue weighted by Gasteiger charge is 2.06. The third-order valence-corrected chi connectivity index (χ3v) is 3.56. The van der Waals surface area contributed by atoms with Crippen molar-refractivity contribution in [2.75, 3.05) is 0 Å². The van der Waals surface area contributed by atoms with Crippen molar-refractivity contribution in [2.24, 2.45) is 0 Å². The van der Waals surface area contributed by atoms with Crippen molar-refractivity contribution in [1.82, 2.24) is 0 Å². The largest absolute Gasteiger partial charge is 0.488 e. The molecule has 1 N–H and O–H groups in total. The smallest absolute Gasteiger partial charge is 0.134 e. The number of rotatable bonds is 4. The average Bonchev–Trinajstić information content (AvgIpc) is 2.40. The summed E-state index contributed by atoms with van der Waals surface area (Å²) in [6, 6.07) is 9.41. The minimum Gasteiger partial charge on any atom is -0.488 e. The molecule has 0 amide bonds. The van der Waals surface area contributed by atoms with Crippen LogP contribution in [0.4, 0.5) is 4.39 Å². The fourth-order valence-electron chi connectivity index (χ4n) is 1.57. The van der Waals surface area contributed by atoms with Gasteiger partial charge in [0.1, 0.15) is 18.2 Å². The van der Waals surface area contributed by atoms with Gasteiger partial charge >= 0.3 is 0 Å². The van der Waals surface area contributed by atoms with E-state index in [0.29, 0.717) is 16.3 Å². The van der Waals surface area contributed by atoms with Crippen LogP contribution in [-0.4, -0.2) is 5.11 Å². The average molecular weight is 346 g/mol. The van der Waals surface area contributed by atoms with Crippen molar-refractivity contribution < 1.29 is 14.2 Å². The summed E-state index contributed by atoms with van der Waals surface area (Å²) in [6.45, 7) is 0.141. The van der Waals surface area contributed by atoms with E-state index in [4.69, 9.17) is 21.4 Å². The molecule has 0 radical (unpaired) electrons. The van der Waals surface area contributed by atoms with E-state index >= 15 is 0 Å². The van der Waals surface area contributed by atoms with Crippen LogP contribution in [0.25, 0.3) is 0 Å². The Balaban J connectivity index is 2.12. The Morgan fingerprint density at radius 1 is 1.21 bits per heavy atom. The van der Waals surface area contributed by atoms with Gasteiger partial charge in [0.2, 0.25) is 0 Å². The first-order valence-corrected chi connectivity index (χ1v) is 6.73. The lowest BCUT2D eigenvalue weighted by atomic mass is 10.2. The Kier molecular flexibility index (Phi) is 4.80. The van der Waals surface area contributed by atoms with Crippen molar-refractivity contribution in [3.8, 4) is 5.75 Å². The maximum absolute atomic E-state index is 13.1. The molecule has 0 unspecified atom stereocenters. The van der Waals surface area contributed by atoms with Crippen LogP contribution in [0, 0.1) is 5.82 Å². The van der Waals surface area contributed by atoms with Crippen molar-refractivity contribution in [2.45, 2.75) is 13.2 Å². The molecule has 19 heavy (non-hydrogen) atoms. The van der Waals surface area contributed by atoms with E-state index in [1.165, 1.54) is 18.2 Å².